The van der Waals surface area contributed by atoms with E-state index in [0.717, 1.165) is 49.6 Å². The lowest BCUT2D eigenvalue weighted by Gasteiger charge is -2.35. The lowest BCUT2D eigenvalue weighted by molar-refractivity contribution is -0.124. The van der Waals surface area contributed by atoms with Gasteiger partial charge in [-0.05, 0) is 29.7 Å². The third-order valence-corrected chi connectivity index (χ3v) is 5.63. The van der Waals surface area contributed by atoms with Crippen LogP contribution in [-0.4, -0.2) is 62.1 Å². The van der Waals surface area contributed by atoms with Crippen LogP contribution in [-0.2, 0) is 10.2 Å². The van der Waals surface area contributed by atoms with Gasteiger partial charge in [0.05, 0.1) is 6.04 Å². The van der Waals surface area contributed by atoms with Crippen LogP contribution < -0.4 is 10.1 Å². The first kappa shape index (κ1) is 22.3. The fraction of sp³-hybridized carbons (Fsp3) is 0.480. The standard InChI is InChI=1S/C25H35N3O2/c1-25(2,3)21-12-8-9-13-23(21)30-19-24(29)26-22(20-10-6-5-7-11-20)18-28-16-14-27(4)15-17-28/h5-13,22H,14-19H2,1-4H3,(H,26,29). The minimum absolute atomic E-state index is 0.0131. The van der Waals surface area contributed by atoms with Crippen LogP contribution in [0.5, 0.6) is 5.75 Å². The van der Waals surface area contributed by atoms with Crippen LogP contribution >= 0.6 is 0 Å². The Morgan fingerprint density at radius 1 is 1.00 bits per heavy atom. The summed E-state index contributed by atoms with van der Waals surface area (Å²) in [4.78, 5) is 17.6. The van der Waals surface area contributed by atoms with Gasteiger partial charge in [0.2, 0.25) is 0 Å². The van der Waals surface area contributed by atoms with Gasteiger partial charge in [0, 0.05) is 32.7 Å². The van der Waals surface area contributed by atoms with Gasteiger partial charge < -0.3 is 15.0 Å². The van der Waals surface area contributed by atoms with Gasteiger partial charge in [-0.25, -0.2) is 0 Å². The minimum Gasteiger partial charge on any atom is -0.483 e. The van der Waals surface area contributed by atoms with E-state index >= 15 is 0 Å². The molecule has 30 heavy (non-hydrogen) atoms. The molecule has 1 amide bonds. The molecule has 5 nitrogen and oxygen atoms in total. The molecule has 5 heteroatoms. The van der Waals surface area contributed by atoms with Crippen molar-refractivity contribution in [2.24, 2.45) is 0 Å². The Morgan fingerprint density at radius 3 is 2.30 bits per heavy atom. The fourth-order valence-electron chi connectivity index (χ4n) is 3.80. The van der Waals surface area contributed by atoms with Gasteiger partial charge in [0.25, 0.3) is 5.91 Å². The highest BCUT2D eigenvalue weighted by molar-refractivity contribution is 5.78. The number of nitrogens with zero attached hydrogens (tertiary/aromatic N) is 2. The van der Waals surface area contributed by atoms with Crippen molar-refractivity contribution in [3.05, 3.63) is 65.7 Å². The molecular weight excluding hydrogens is 374 g/mol. The van der Waals surface area contributed by atoms with E-state index in [9.17, 15) is 4.79 Å². The Labute approximate surface area is 181 Å². The molecule has 162 valence electrons. The summed E-state index contributed by atoms with van der Waals surface area (Å²) in [5, 5.41) is 3.20. The van der Waals surface area contributed by atoms with Crippen LogP contribution in [0.4, 0.5) is 0 Å². The Bertz CT molecular complexity index is 809. The van der Waals surface area contributed by atoms with Crippen LogP contribution in [0.15, 0.2) is 54.6 Å². The van der Waals surface area contributed by atoms with Crippen molar-refractivity contribution >= 4 is 5.91 Å². The Morgan fingerprint density at radius 2 is 1.63 bits per heavy atom. The number of rotatable bonds is 7. The molecule has 1 unspecified atom stereocenters. The van der Waals surface area contributed by atoms with Crippen molar-refractivity contribution in [2.75, 3.05) is 46.4 Å². The van der Waals surface area contributed by atoms with E-state index in [1.54, 1.807) is 0 Å². The Hall–Kier alpha value is -2.37. The summed E-state index contributed by atoms with van der Waals surface area (Å²) in [5.41, 5.74) is 2.19. The van der Waals surface area contributed by atoms with E-state index < -0.39 is 0 Å². The van der Waals surface area contributed by atoms with E-state index in [0.29, 0.717) is 0 Å². The molecule has 1 saturated heterocycles. The summed E-state index contributed by atoms with van der Waals surface area (Å²) in [6, 6.07) is 18.1. The van der Waals surface area contributed by atoms with Crippen LogP contribution in [0.2, 0.25) is 0 Å². The number of para-hydroxylation sites is 1. The molecule has 0 radical (unpaired) electrons. The summed E-state index contributed by atoms with van der Waals surface area (Å²) in [6.45, 7) is 11.4. The molecular formula is C25H35N3O2. The summed E-state index contributed by atoms with van der Waals surface area (Å²) < 4.78 is 5.93. The summed E-state index contributed by atoms with van der Waals surface area (Å²) in [6.07, 6.45) is 0. The number of benzene rings is 2. The molecule has 1 aliphatic heterocycles. The largest absolute Gasteiger partial charge is 0.483 e. The summed E-state index contributed by atoms with van der Waals surface area (Å²) >= 11 is 0. The lowest BCUT2D eigenvalue weighted by atomic mass is 9.86. The molecule has 0 spiro atoms. The van der Waals surface area contributed by atoms with E-state index in [1.165, 1.54) is 0 Å². The normalized spacial score (nSPS) is 16.8. The van der Waals surface area contributed by atoms with E-state index in [2.05, 4.69) is 61.1 Å². The number of carbonyl (C=O) groups is 1. The zero-order valence-corrected chi connectivity index (χ0v) is 18.7. The number of hydrogen-bond donors (Lipinski definition) is 1. The maximum atomic E-state index is 12.8. The van der Waals surface area contributed by atoms with Crippen molar-refractivity contribution in [1.82, 2.24) is 15.1 Å². The average molecular weight is 410 g/mol. The first-order chi connectivity index (χ1) is 14.3. The highest BCUT2D eigenvalue weighted by atomic mass is 16.5. The third kappa shape index (κ3) is 6.31. The summed E-state index contributed by atoms with van der Waals surface area (Å²) in [7, 11) is 2.15. The SMILES string of the molecule is CN1CCN(CC(NC(=O)COc2ccccc2C(C)(C)C)c2ccccc2)CC1. The van der Waals surface area contributed by atoms with Gasteiger partial charge >= 0.3 is 0 Å². The van der Waals surface area contributed by atoms with Crippen molar-refractivity contribution < 1.29 is 9.53 Å². The predicted molar refractivity (Wildman–Crippen MR) is 122 cm³/mol. The number of carbonyl (C=O) groups excluding carboxylic acids is 1. The average Bonchev–Trinajstić information content (AvgIpc) is 2.73. The van der Waals surface area contributed by atoms with Gasteiger partial charge in [-0.2, -0.15) is 0 Å². The fourth-order valence-corrected chi connectivity index (χ4v) is 3.80. The number of likely N-dealkylation sites (N-methyl/N-ethyl adjacent to an activating group) is 1. The number of ether oxygens (including phenoxy) is 1. The molecule has 0 aromatic heterocycles. The molecule has 1 N–H and O–H groups in total. The molecule has 0 saturated carbocycles. The second-order valence-corrected chi connectivity index (χ2v) is 9.17. The lowest BCUT2D eigenvalue weighted by Crippen LogP contribution is -2.48. The Kier molecular flexibility index (Phi) is 7.51. The van der Waals surface area contributed by atoms with E-state index in [4.69, 9.17) is 4.74 Å². The molecule has 1 fully saturated rings. The molecule has 1 atom stereocenters. The van der Waals surface area contributed by atoms with E-state index in [-0.39, 0.29) is 24.0 Å². The number of piperazine rings is 1. The van der Waals surface area contributed by atoms with Gasteiger partial charge in [0.15, 0.2) is 6.61 Å². The highest BCUT2D eigenvalue weighted by Crippen LogP contribution is 2.30. The quantitative estimate of drug-likeness (QED) is 0.761. The number of hydrogen-bond acceptors (Lipinski definition) is 4. The highest BCUT2D eigenvalue weighted by Gasteiger charge is 2.22. The first-order valence-electron chi connectivity index (χ1n) is 10.8. The molecule has 3 rings (SSSR count). The van der Waals surface area contributed by atoms with Crippen molar-refractivity contribution in [3.8, 4) is 5.75 Å². The van der Waals surface area contributed by atoms with E-state index in [1.807, 2.05) is 36.4 Å². The maximum Gasteiger partial charge on any atom is 0.258 e. The molecule has 2 aromatic carbocycles. The zero-order chi connectivity index (χ0) is 21.6. The predicted octanol–water partition coefficient (Wildman–Crippen LogP) is 3.47. The smallest absolute Gasteiger partial charge is 0.258 e. The first-order valence-corrected chi connectivity index (χ1v) is 10.8. The number of amides is 1. The van der Waals surface area contributed by atoms with Crippen LogP contribution in [0.25, 0.3) is 0 Å². The van der Waals surface area contributed by atoms with Crippen LogP contribution in [0, 0.1) is 0 Å². The molecule has 2 aromatic rings. The van der Waals surface area contributed by atoms with Gasteiger partial charge in [-0.15, -0.1) is 0 Å². The number of nitrogens with one attached hydrogen (secondary N) is 1. The van der Waals surface area contributed by atoms with Crippen molar-refractivity contribution in [2.45, 2.75) is 32.2 Å². The van der Waals surface area contributed by atoms with Gasteiger partial charge in [-0.1, -0.05) is 69.3 Å². The van der Waals surface area contributed by atoms with Crippen LogP contribution in [0.3, 0.4) is 0 Å². The summed E-state index contributed by atoms with van der Waals surface area (Å²) in [5.74, 6) is 0.678. The topological polar surface area (TPSA) is 44.8 Å². The third-order valence-electron chi connectivity index (χ3n) is 5.63. The second kappa shape index (κ2) is 10.1. The molecule has 1 heterocycles. The van der Waals surface area contributed by atoms with Crippen LogP contribution in [0.1, 0.15) is 37.9 Å². The van der Waals surface area contributed by atoms with Crippen molar-refractivity contribution in [3.63, 3.8) is 0 Å². The van der Waals surface area contributed by atoms with Gasteiger partial charge in [-0.3, -0.25) is 9.69 Å². The van der Waals surface area contributed by atoms with Crippen molar-refractivity contribution in [1.29, 1.82) is 0 Å². The molecule has 0 bridgehead atoms. The van der Waals surface area contributed by atoms with Gasteiger partial charge in [0.1, 0.15) is 5.75 Å². The Balaban J connectivity index is 1.64. The molecule has 0 aliphatic carbocycles. The second-order valence-electron chi connectivity index (χ2n) is 9.17. The molecule has 1 aliphatic rings. The minimum atomic E-state index is -0.0957. The maximum absolute atomic E-state index is 12.8. The monoisotopic (exact) mass is 409 g/mol. The zero-order valence-electron chi connectivity index (χ0n) is 18.7.